The van der Waals surface area contributed by atoms with Crippen LogP contribution in [0, 0.1) is 20.8 Å². The summed E-state index contributed by atoms with van der Waals surface area (Å²) < 4.78 is 13.7. The molecular weight excluding hydrogens is 801 g/mol. The number of thiophene rings is 1. The van der Waals surface area contributed by atoms with Crippen molar-refractivity contribution in [1.82, 2.24) is 40.3 Å². The van der Waals surface area contributed by atoms with Gasteiger partial charge in [-0.1, -0.05) is 35.3 Å². The van der Waals surface area contributed by atoms with Gasteiger partial charge in [-0.2, -0.15) is 4.98 Å². The van der Waals surface area contributed by atoms with Crippen molar-refractivity contribution in [3.63, 3.8) is 0 Å². The van der Waals surface area contributed by atoms with E-state index in [1.807, 2.05) is 47.9 Å². The maximum Gasteiger partial charge on any atom is 0.296 e. The molecule has 1 aliphatic heterocycles. The molecule has 0 bridgehead atoms. The van der Waals surface area contributed by atoms with E-state index >= 15 is 0 Å². The van der Waals surface area contributed by atoms with Gasteiger partial charge in [-0.25, -0.2) is 4.98 Å². The van der Waals surface area contributed by atoms with E-state index < -0.39 is 12.1 Å². The van der Waals surface area contributed by atoms with Crippen molar-refractivity contribution in [3.05, 3.63) is 97.9 Å². The smallest absolute Gasteiger partial charge is 0.296 e. The second-order valence-corrected chi connectivity index (χ2v) is 16.4. The number of nitrogens with one attached hydrogen (secondary N) is 3. The van der Waals surface area contributed by atoms with E-state index in [1.54, 1.807) is 29.5 Å². The molecule has 0 radical (unpaired) electrons. The van der Waals surface area contributed by atoms with Gasteiger partial charge in [0.2, 0.25) is 11.8 Å². The minimum atomic E-state index is -0.606. The van der Waals surface area contributed by atoms with Gasteiger partial charge in [0.05, 0.1) is 41.0 Å². The largest absolute Gasteiger partial charge is 0.492 e. The van der Waals surface area contributed by atoms with E-state index in [1.165, 1.54) is 0 Å². The minimum absolute atomic E-state index is 0.0262. The number of aliphatic hydroxyl groups excluding tert-OH is 1. The molecule has 4 aromatic heterocycles. The number of hydrogen-bond acceptors (Lipinski definition) is 11. The fraction of sp³-hybridized carbons (Fsp3) is 0.341. The SMILES string of the molecule is Cc1sc2c(c1C)C(c1ccc(Cl)cc1)=N[C@@H](CC(=O)NCCC(=O)NCCOc1ccc(-c3nc4nc(O[C@H]5CCC[C@@H]5O)[nH]c4cc3Cl)cc1)c1nnc(C)n1-2. The first kappa shape index (κ1) is 39.5. The van der Waals surface area contributed by atoms with Crippen LogP contribution in [0.4, 0.5) is 0 Å². The summed E-state index contributed by atoms with van der Waals surface area (Å²) >= 11 is 14.5. The molecule has 300 valence electrons. The average Bonchev–Trinajstić information content (AvgIpc) is 3.96. The number of H-pyrrole nitrogens is 1. The normalized spacial score (nSPS) is 17.3. The van der Waals surface area contributed by atoms with Gasteiger partial charge in [-0.3, -0.25) is 19.1 Å². The molecule has 4 N–H and O–H groups in total. The van der Waals surface area contributed by atoms with E-state index in [2.05, 4.69) is 49.6 Å². The quantitative estimate of drug-likeness (QED) is 0.0912. The zero-order valence-corrected chi connectivity index (χ0v) is 34.3. The molecule has 3 atom stereocenters. The Morgan fingerprint density at radius 1 is 0.966 bits per heavy atom. The molecule has 1 saturated carbocycles. The maximum atomic E-state index is 13.3. The molecule has 1 fully saturated rings. The number of halogens is 2. The summed E-state index contributed by atoms with van der Waals surface area (Å²) in [6.45, 7) is 6.73. The Morgan fingerprint density at radius 3 is 2.48 bits per heavy atom. The number of pyridine rings is 1. The van der Waals surface area contributed by atoms with Crippen LogP contribution < -0.4 is 20.1 Å². The van der Waals surface area contributed by atoms with Crippen LogP contribution in [0.25, 0.3) is 27.4 Å². The lowest BCUT2D eigenvalue weighted by Gasteiger charge is -2.14. The van der Waals surface area contributed by atoms with E-state index in [4.69, 9.17) is 37.7 Å². The number of carbonyl (C=O) groups is 2. The highest BCUT2D eigenvalue weighted by Gasteiger charge is 2.33. The number of fused-ring (bicyclic) bond motifs is 4. The Bertz CT molecular complexity index is 2520. The van der Waals surface area contributed by atoms with E-state index in [9.17, 15) is 14.7 Å². The van der Waals surface area contributed by atoms with Crippen LogP contribution in [0.5, 0.6) is 11.8 Å². The molecule has 5 heterocycles. The monoisotopic (exact) mass is 841 g/mol. The fourth-order valence-corrected chi connectivity index (χ4v) is 8.79. The number of carbonyl (C=O) groups excluding carboxylic acids is 2. The highest BCUT2D eigenvalue weighted by molar-refractivity contribution is 7.15. The van der Waals surface area contributed by atoms with E-state index in [0.717, 1.165) is 50.7 Å². The molecule has 0 spiro atoms. The lowest BCUT2D eigenvalue weighted by molar-refractivity contribution is -0.122. The van der Waals surface area contributed by atoms with Crippen molar-refractivity contribution in [2.45, 2.75) is 71.1 Å². The first-order valence-corrected chi connectivity index (χ1v) is 20.6. The van der Waals surface area contributed by atoms with Crippen molar-refractivity contribution in [2.24, 2.45) is 4.99 Å². The number of aromatic nitrogens is 6. The van der Waals surface area contributed by atoms with E-state index in [0.29, 0.717) is 56.7 Å². The number of hydrogen-bond donors (Lipinski definition) is 4. The molecule has 2 aliphatic rings. The van der Waals surface area contributed by atoms with Crippen molar-refractivity contribution in [3.8, 4) is 28.0 Å². The van der Waals surface area contributed by atoms with Crippen LogP contribution in [-0.4, -0.2) is 84.3 Å². The van der Waals surface area contributed by atoms with Gasteiger partial charge in [0, 0.05) is 39.6 Å². The number of benzene rings is 2. The minimum Gasteiger partial charge on any atom is -0.492 e. The number of aromatic amines is 1. The predicted molar refractivity (Wildman–Crippen MR) is 223 cm³/mol. The van der Waals surface area contributed by atoms with Gasteiger partial charge in [0.1, 0.15) is 35.3 Å². The molecule has 0 unspecified atom stereocenters. The van der Waals surface area contributed by atoms with Crippen LogP contribution in [0.2, 0.25) is 10.0 Å². The molecule has 8 rings (SSSR count). The number of aliphatic imine (C=N–C) groups is 1. The summed E-state index contributed by atoms with van der Waals surface area (Å²) in [5.74, 6) is 1.43. The number of nitrogens with zero attached hydrogens (tertiary/aromatic N) is 6. The van der Waals surface area contributed by atoms with Gasteiger partial charge in [-0.05, 0) is 88.1 Å². The average molecular weight is 843 g/mol. The second-order valence-electron chi connectivity index (χ2n) is 14.3. The summed E-state index contributed by atoms with van der Waals surface area (Å²) in [6, 6.07) is 16.3. The Morgan fingerprint density at radius 2 is 1.72 bits per heavy atom. The predicted octanol–water partition coefficient (Wildman–Crippen LogP) is 6.78. The van der Waals surface area contributed by atoms with Crippen molar-refractivity contribution in [1.29, 1.82) is 0 Å². The summed E-state index contributed by atoms with van der Waals surface area (Å²) in [4.78, 5) is 44.4. The van der Waals surface area contributed by atoms with Crippen LogP contribution in [0.1, 0.15) is 71.4 Å². The van der Waals surface area contributed by atoms with Gasteiger partial charge in [0.15, 0.2) is 11.5 Å². The van der Waals surface area contributed by atoms with Gasteiger partial charge < -0.3 is 30.2 Å². The molecule has 6 aromatic rings. The number of ether oxygens (including phenoxy) is 2. The first-order valence-electron chi connectivity index (χ1n) is 19.1. The summed E-state index contributed by atoms with van der Waals surface area (Å²) in [6.07, 6.45) is 1.72. The Hall–Kier alpha value is -5.35. The Labute approximate surface area is 348 Å². The van der Waals surface area contributed by atoms with Crippen molar-refractivity contribution in [2.75, 3.05) is 19.7 Å². The van der Waals surface area contributed by atoms with Crippen LogP contribution >= 0.6 is 34.5 Å². The first-order chi connectivity index (χ1) is 28.0. The number of amides is 2. The number of rotatable bonds is 13. The molecule has 14 nitrogen and oxygen atoms in total. The van der Waals surface area contributed by atoms with Crippen LogP contribution in [-0.2, 0) is 9.59 Å². The van der Waals surface area contributed by atoms with Gasteiger partial charge >= 0.3 is 0 Å². The zero-order valence-electron chi connectivity index (χ0n) is 32.0. The fourth-order valence-electron chi connectivity index (χ4n) is 7.19. The lowest BCUT2D eigenvalue weighted by Crippen LogP contribution is -2.33. The third kappa shape index (κ3) is 8.30. The molecule has 2 amide bonds. The standard InChI is InChI=1S/C41H41Cl2N9O5S/c1-21-22(2)58-40-35(21)37(25-7-11-26(42)12-8-25)46-30(39-51-50-23(3)52(39)40)20-34(55)44-16-15-33(54)45-17-18-56-27-13-9-24(10-14-27)36-28(43)19-29-38(48-36)49-41(47-29)57-32-6-4-5-31(32)53/h7-14,19,30-32,53H,4-6,15-18,20H2,1-3H3,(H,44,55)(H,45,54)(H,47,48,49)/t30-,31-,32-/m0/s1. The summed E-state index contributed by atoms with van der Waals surface area (Å²) in [5.41, 5.74) is 6.18. The number of imidazole rings is 1. The Balaban J connectivity index is 0.819. The molecule has 2 aromatic carbocycles. The van der Waals surface area contributed by atoms with Crippen molar-refractivity contribution >= 4 is 63.2 Å². The van der Waals surface area contributed by atoms with E-state index in [-0.39, 0.29) is 50.5 Å². The highest BCUT2D eigenvalue weighted by atomic mass is 35.5. The number of aryl methyl sites for hydroxylation is 2. The highest BCUT2D eigenvalue weighted by Crippen LogP contribution is 2.40. The molecule has 17 heteroatoms. The summed E-state index contributed by atoms with van der Waals surface area (Å²) in [7, 11) is 0. The second kappa shape index (κ2) is 16.9. The third-order valence-corrected chi connectivity index (χ3v) is 12.0. The molecule has 1 aliphatic carbocycles. The van der Waals surface area contributed by atoms with Crippen molar-refractivity contribution < 1.29 is 24.2 Å². The third-order valence-electron chi connectivity index (χ3n) is 10.3. The molecule has 58 heavy (non-hydrogen) atoms. The van der Waals surface area contributed by atoms with Gasteiger partial charge in [-0.15, -0.1) is 21.5 Å². The summed E-state index contributed by atoms with van der Waals surface area (Å²) in [5, 5.41) is 26.7. The molecular formula is C41H41Cl2N9O5S. The zero-order chi connectivity index (χ0) is 40.5. The van der Waals surface area contributed by atoms with Gasteiger partial charge in [0.25, 0.3) is 6.01 Å². The van der Waals surface area contributed by atoms with Crippen LogP contribution in [0.15, 0.2) is 59.6 Å². The Kier molecular flexibility index (Phi) is 11.5. The van der Waals surface area contributed by atoms with Crippen LogP contribution in [0.3, 0.4) is 0 Å². The maximum absolute atomic E-state index is 13.3. The topological polar surface area (TPSA) is 182 Å². The lowest BCUT2D eigenvalue weighted by atomic mass is 9.99. The molecule has 0 saturated heterocycles. The number of aliphatic hydroxyl groups is 1.